The summed E-state index contributed by atoms with van der Waals surface area (Å²) in [4.78, 5) is 2.03. The number of benzene rings is 1. The smallest absolute Gasteiger partial charge is 0.159 e. The van der Waals surface area contributed by atoms with Crippen LogP contribution in [0.2, 0.25) is 0 Å². The van der Waals surface area contributed by atoms with E-state index in [0.29, 0.717) is 13.0 Å². The second-order valence-electron chi connectivity index (χ2n) is 4.84. The molecule has 0 aliphatic rings. The molecule has 0 aromatic heterocycles. The van der Waals surface area contributed by atoms with Gasteiger partial charge in [0.2, 0.25) is 0 Å². The molecular weight excluding hydrogens is 247 g/mol. The molecule has 0 heterocycles. The zero-order valence-corrected chi connectivity index (χ0v) is 12.0. The number of anilines is 1. The van der Waals surface area contributed by atoms with Crippen molar-refractivity contribution in [1.82, 2.24) is 0 Å². The number of hydrogen-bond donors (Lipinski definition) is 1. The molecule has 1 atom stereocenters. The number of likely N-dealkylation sites (N-methyl/N-ethyl adjacent to an activating group) is 1. The summed E-state index contributed by atoms with van der Waals surface area (Å²) in [5.74, 6) is -0.252. The van der Waals surface area contributed by atoms with Crippen LogP contribution in [0.15, 0.2) is 24.3 Å². The molecule has 1 aromatic carbocycles. The molecule has 4 nitrogen and oxygen atoms in total. The van der Waals surface area contributed by atoms with Crippen molar-refractivity contribution < 1.29 is 13.9 Å². The zero-order chi connectivity index (χ0) is 14.5. The Balaban J connectivity index is 2.90. The van der Waals surface area contributed by atoms with Crippen molar-refractivity contribution in [3.8, 4) is 0 Å². The first kappa shape index (κ1) is 15.9. The molecule has 0 aliphatic heterocycles. The molecule has 2 N–H and O–H groups in total. The highest BCUT2D eigenvalue weighted by molar-refractivity contribution is 5.48. The number of nitrogens with zero attached hydrogens (tertiary/aromatic N) is 1. The molecule has 0 bridgehead atoms. The Morgan fingerprint density at radius 3 is 2.21 bits per heavy atom. The average Bonchev–Trinajstić information content (AvgIpc) is 2.44. The minimum atomic E-state index is -0.339. The number of hydrogen-bond acceptors (Lipinski definition) is 4. The van der Waals surface area contributed by atoms with Crippen LogP contribution in [0.4, 0.5) is 10.1 Å². The van der Waals surface area contributed by atoms with Gasteiger partial charge in [-0.15, -0.1) is 0 Å². The van der Waals surface area contributed by atoms with Crippen molar-refractivity contribution in [3.05, 3.63) is 30.1 Å². The third kappa shape index (κ3) is 3.89. The predicted octanol–water partition coefficient (Wildman–Crippen LogP) is 1.99. The van der Waals surface area contributed by atoms with Crippen LogP contribution in [0.25, 0.3) is 0 Å². The summed E-state index contributed by atoms with van der Waals surface area (Å²) in [6.07, 6.45) is 0.293. The van der Waals surface area contributed by atoms with E-state index in [-0.39, 0.29) is 17.6 Å². The molecule has 0 amide bonds. The van der Waals surface area contributed by atoms with E-state index in [4.69, 9.17) is 15.2 Å². The molecule has 108 valence electrons. The van der Waals surface area contributed by atoms with Gasteiger partial charge in [-0.2, -0.15) is 0 Å². The van der Waals surface area contributed by atoms with Gasteiger partial charge in [-0.25, -0.2) is 4.39 Å². The van der Waals surface area contributed by atoms with E-state index in [1.54, 1.807) is 26.4 Å². The zero-order valence-electron chi connectivity index (χ0n) is 12.0. The molecule has 1 unspecified atom stereocenters. The lowest BCUT2D eigenvalue weighted by Gasteiger charge is -2.41. The molecule has 1 rings (SSSR count). The molecule has 19 heavy (non-hydrogen) atoms. The molecule has 5 heteroatoms. The first-order valence-electron chi connectivity index (χ1n) is 6.22. The monoisotopic (exact) mass is 270 g/mol. The average molecular weight is 270 g/mol. The van der Waals surface area contributed by atoms with E-state index in [9.17, 15) is 4.39 Å². The second kappa shape index (κ2) is 6.84. The van der Waals surface area contributed by atoms with Gasteiger partial charge in [-0.1, -0.05) is 0 Å². The molecular formula is C14H23FN2O2. The number of ether oxygens (including phenoxy) is 2. The van der Waals surface area contributed by atoms with Gasteiger partial charge in [-0.3, -0.25) is 0 Å². The predicted molar refractivity (Wildman–Crippen MR) is 74.7 cm³/mol. The highest BCUT2D eigenvalue weighted by Crippen LogP contribution is 2.26. The Hall–Kier alpha value is -1.17. The SMILES string of the molecule is COC(CC(C)(CN)N(C)c1ccc(F)cc1)OC. The Bertz CT molecular complexity index is 382. The van der Waals surface area contributed by atoms with Crippen LogP contribution in [0.1, 0.15) is 13.3 Å². The molecule has 0 radical (unpaired) electrons. The fourth-order valence-electron chi connectivity index (χ4n) is 1.96. The van der Waals surface area contributed by atoms with Gasteiger partial charge in [0.15, 0.2) is 6.29 Å². The Morgan fingerprint density at radius 1 is 1.26 bits per heavy atom. The lowest BCUT2D eigenvalue weighted by atomic mass is 9.94. The topological polar surface area (TPSA) is 47.7 Å². The van der Waals surface area contributed by atoms with Gasteiger partial charge in [0.05, 0.1) is 5.54 Å². The summed E-state index contributed by atoms with van der Waals surface area (Å²) in [5, 5.41) is 0. The van der Waals surface area contributed by atoms with Crippen LogP contribution in [-0.2, 0) is 9.47 Å². The van der Waals surface area contributed by atoms with Gasteiger partial charge in [-0.05, 0) is 31.2 Å². The normalized spacial score (nSPS) is 14.5. The summed E-state index contributed by atoms with van der Waals surface area (Å²) >= 11 is 0. The Morgan fingerprint density at radius 2 is 1.79 bits per heavy atom. The summed E-state index contributed by atoms with van der Waals surface area (Å²) < 4.78 is 23.4. The van der Waals surface area contributed by atoms with Crippen molar-refractivity contribution in [2.45, 2.75) is 25.2 Å². The molecule has 1 aromatic rings. The fraction of sp³-hybridized carbons (Fsp3) is 0.571. The minimum absolute atomic E-state index is 0.252. The first-order chi connectivity index (χ1) is 8.96. The van der Waals surface area contributed by atoms with Gasteiger partial charge in [0, 0.05) is 39.9 Å². The highest BCUT2D eigenvalue weighted by atomic mass is 19.1. The third-order valence-electron chi connectivity index (χ3n) is 3.60. The van der Waals surface area contributed by atoms with Gasteiger partial charge in [0.1, 0.15) is 5.82 Å². The molecule has 0 spiro atoms. The van der Waals surface area contributed by atoms with Crippen LogP contribution in [0.5, 0.6) is 0 Å². The van der Waals surface area contributed by atoms with Crippen LogP contribution in [0.3, 0.4) is 0 Å². The summed E-state index contributed by atoms with van der Waals surface area (Å²) in [6.45, 7) is 2.46. The van der Waals surface area contributed by atoms with E-state index in [0.717, 1.165) is 5.69 Å². The van der Waals surface area contributed by atoms with E-state index in [1.807, 2.05) is 18.9 Å². The van der Waals surface area contributed by atoms with Crippen LogP contribution in [0, 0.1) is 5.82 Å². The standard InChI is InChI=1S/C14H23FN2O2/c1-14(10-16,9-13(18-3)19-4)17(2)12-7-5-11(15)6-8-12/h5-8,13H,9-10,16H2,1-4H3. The summed E-state index contributed by atoms with van der Waals surface area (Å²) in [6, 6.07) is 6.34. The minimum Gasteiger partial charge on any atom is -0.368 e. The number of rotatable bonds is 7. The van der Waals surface area contributed by atoms with Gasteiger partial charge < -0.3 is 20.1 Å². The quantitative estimate of drug-likeness (QED) is 0.770. The summed E-state index contributed by atoms with van der Waals surface area (Å²) in [7, 11) is 5.13. The molecule has 0 saturated carbocycles. The van der Waals surface area contributed by atoms with Crippen molar-refractivity contribution in [2.75, 3.05) is 32.7 Å². The molecule has 0 aliphatic carbocycles. The van der Waals surface area contributed by atoms with Crippen LogP contribution in [-0.4, -0.2) is 39.6 Å². The Labute approximate surface area is 114 Å². The number of methoxy groups -OCH3 is 2. The fourth-order valence-corrected chi connectivity index (χ4v) is 1.96. The van der Waals surface area contributed by atoms with Crippen molar-refractivity contribution in [1.29, 1.82) is 0 Å². The Kier molecular flexibility index (Phi) is 5.72. The summed E-state index contributed by atoms with van der Waals surface area (Å²) in [5.41, 5.74) is 6.47. The third-order valence-corrected chi connectivity index (χ3v) is 3.60. The molecule has 0 fully saturated rings. The maximum absolute atomic E-state index is 13.0. The number of nitrogens with two attached hydrogens (primary N) is 1. The van der Waals surface area contributed by atoms with Crippen LogP contribution < -0.4 is 10.6 Å². The lowest BCUT2D eigenvalue weighted by Crippen LogP contribution is -2.52. The highest BCUT2D eigenvalue weighted by Gasteiger charge is 2.31. The maximum atomic E-state index is 13.0. The van der Waals surface area contributed by atoms with Crippen molar-refractivity contribution in [3.63, 3.8) is 0 Å². The second-order valence-corrected chi connectivity index (χ2v) is 4.84. The van der Waals surface area contributed by atoms with E-state index in [1.165, 1.54) is 12.1 Å². The van der Waals surface area contributed by atoms with Crippen molar-refractivity contribution in [2.24, 2.45) is 5.73 Å². The number of halogens is 1. The van der Waals surface area contributed by atoms with Gasteiger partial charge in [0.25, 0.3) is 0 Å². The van der Waals surface area contributed by atoms with E-state index in [2.05, 4.69) is 0 Å². The van der Waals surface area contributed by atoms with Gasteiger partial charge >= 0.3 is 0 Å². The van der Waals surface area contributed by atoms with E-state index < -0.39 is 0 Å². The molecule has 0 saturated heterocycles. The lowest BCUT2D eigenvalue weighted by molar-refractivity contribution is -0.115. The largest absolute Gasteiger partial charge is 0.368 e. The first-order valence-corrected chi connectivity index (χ1v) is 6.22. The van der Waals surface area contributed by atoms with E-state index >= 15 is 0 Å². The van der Waals surface area contributed by atoms with Crippen molar-refractivity contribution >= 4 is 5.69 Å². The maximum Gasteiger partial charge on any atom is 0.159 e. The van der Waals surface area contributed by atoms with Crippen LogP contribution >= 0.6 is 0 Å².